The largest absolute Gasteiger partial charge is 0.382 e. The third-order valence-corrected chi connectivity index (χ3v) is 4.85. The molecule has 4 N–H and O–H groups in total. The summed E-state index contributed by atoms with van der Waals surface area (Å²) >= 11 is 6.39. The van der Waals surface area contributed by atoms with Gasteiger partial charge in [-0.1, -0.05) is 11.6 Å². The highest BCUT2D eigenvalue weighted by Crippen LogP contribution is 2.30. The van der Waals surface area contributed by atoms with Crippen LogP contribution in [0.25, 0.3) is 16.7 Å². The van der Waals surface area contributed by atoms with Crippen molar-refractivity contribution in [1.82, 2.24) is 19.7 Å². The van der Waals surface area contributed by atoms with E-state index < -0.39 is 23.6 Å². The van der Waals surface area contributed by atoms with Crippen molar-refractivity contribution in [2.75, 3.05) is 11.1 Å². The molecule has 0 saturated carbocycles. The molecule has 1 amide bonds. The SMILES string of the molecule is Cc1nn(-c2ccc(NC(=O)C(O)c3cc(F)cc(F)c3)cc2Cl)c2c(N)ncnc12. The van der Waals surface area contributed by atoms with E-state index in [9.17, 15) is 18.7 Å². The molecule has 2 aromatic heterocycles. The summed E-state index contributed by atoms with van der Waals surface area (Å²) in [6, 6.07) is 6.95. The summed E-state index contributed by atoms with van der Waals surface area (Å²) in [5.74, 6) is -2.46. The van der Waals surface area contributed by atoms with E-state index in [4.69, 9.17) is 17.3 Å². The van der Waals surface area contributed by atoms with Crippen molar-refractivity contribution in [1.29, 1.82) is 0 Å². The van der Waals surface area contributed by atoms with Crippen molar-refractivity contribution >= 4 is 40.0 Å². The summed E-state index contributed by atoms with van der Waals surface area (Å²) in [4.78, 5) is 20.5. The highest BCUT2D eigenvalue weighted by Gasteiger charge is 2.20. The minimum absolute atomic E-state index is 0.216. The van der Waals surface area contributed by atoms with Gasteiger partial charge >= 0.3 is 0 Å². The van der Waals surface area contributed by atoms with Gasteiger partial charge in [0.1, 0.15) is 29.0 Å². The summed E-state index contributed by atoms with van der Waals surface area (Å²) in [5, 5.41) is 17.2. The maximum atomic E-state index is 13.4. The molecule has 4 aromatic rings. The first-order valence-electron chi connectivity index (χ1n) is 8.95. The molecule has 4 rings (SSSR count). The second-order valence-electron chi connectivity index (χ2n) is 6.71. The minimum atomic E-state index is -1.78. The Bertz CT molecular complexity index is 1310. The quantitative estimate of drug-likeness (QED) is 0.444. The average Bonchev–Trinajstić information content (AvgIpc) is 3.04. The molecule has 0 spiro atoms. The standard InChI is InChI=1S/C20H15ClF2N6O2/c1-9-16-17(19(24)26-8-25-16)29(28-9)15-3-2-13(7-14(15)21)27-20(31)18(30)10-4-11(22)6-12(23)5-10/h2-8,18,30H,1H3,(H,27,31)(H2,24,25,26). The van der Waals surface area contributed by atoms with E-state index in [0.29, 0.717) is 28.5 Å². The second kappa shape index (κ2) is 7.89. The molecule has 0 aliphatic rings. The number of nitrogen functional groups attached to an aromatic ring is 1. The molecule has 158 valence electrons. The number of amides is 1. The predicted molar refractivity (Wildman–Crippen MR) is 111 cm³/mol. The van der Waals surface area contributed by atoms with Crippen LogP contribution < -0.4 is 11.1 Å². The van der Waals surface area contributed by atoms with E-state index in [2.05, 4.69) is 20.4 Å². The van der Waals surface area contributed by atoms with Crippen LogP contribution in [-0.2, 0) is 4.79 Å². The van der Waals surface area contributed by atoms with Crippen LogP contribution in [0.15, 0.2) is 42.7 Å². The summed E-state index contributed by atoms with van der Waals surface area (Å²) in [6.07, 6.45) is -0.439. The third-order valence-electron chi connectivity index (χ3n) is 4.55. The number of nitrogens with one attached hydrogen (secondary N) is 1. The summed E-state index contributed by atoms with van der Waals surface area (Å²) in [7, 11) is 0. The van der Waals surface area contributed by atoms with Crippen LogP contribution in [0.3, 0.4) is 0 Å². The Morgan fingerprint density at radius 2 is 1.90 bits per heavy atom. The first-order chi connectivity index (χ1) is 14.7. The first-order valence-corrected chi connectivity index (χ1v) is 9.33. The van der Waals surface area contributed by atoms with Crippen molar-refractivity contribution < 1.29 is 18.7 Å². The van der Waals surface area contributed by atoms with Gasteiger partial charge in [-0.3, -0.25) is 4.79 Å². The summed E-state index contributed by atoms with van der Waals surface area (Å²) in [6.45, 7) is 1.77. The molecule has 0 bridgehead atoms. The summed E-state index contributed by atoms with van der Waals surface area (Å²) in [5.41, 5.74) is 8.17. The van der Waals surface area contributed by atoms with Crippen LogP contribution in [0.1, 0.15) is 17.4 Å². The molecule has 2 heterocycles. The van der Waals surface area contributed by atoms with Gasteiger partial charge in [0.05, 0.1) is 16.4 Å². The molecule has 0 radical (unpaired) electrons. The zero-order valence-corrected chi connectivity index (χ0v) is 16.7. The lowest BCUT2D eigenvalue weighted by Gasteiger charge is -2.13. The fourth-order valence-corrected chi connectivity index (χ4v) is 3.40. The van der Waals surface area contributed by atoms with Crippen molar-refractivity contribution in [3.63, 3.8) is 0 Å². The molecule has 1 atom stereocenters. The van der Waals surface area contributed by atoms with E-state index in [1.807, 2.05) is 0 Å². The Hall–Kier alpha value is -3.63. The number of aromatic nitrogens is 4. The van der Waals surface area contributed by atoms with Gasteiger partial charge in [-0.05, 0) is 42.8 Å². The number of aliphatic hydroxyl groups is 1. The van der Waals surface area contributed by atoms with E-state index in [1.165, 1.54) is 23.1 Å². The van der Waals surface area contributed by atoms with Crippen LogP contribution in [0.5, 0.6) is 0 Å². The second-order valence-corrected chi connectivity index (χ2v) is 7.12. The van der Waals surface area contributed by atoms with Gasteiger partial charge < -0.3 is 16.2 Å². The maximum absolute atomic E-state index is 13.4. The summed E-state index contributed by atoms with van der Waals surface area (Å²) < 4.78 is 28.2. The van der Waals surface area contributed by atoms with E-state index >= 15 is 0 Å². The lowest BCUT2D eigenvalue weighted by Crippen LogP contribution is -2.21. The molecule has 31 heavy (non-hydrogen) atoms. The number of carbonyl (C=O) groups excluding carboxylic acids is 1. The number of rotatable bonds is 4. The third kappa shape index (κ3) is 3.90. The monoisotopic (exact) mass is 444 g/mol. The van der Waals surface area contributed by atoms with E-state index in [-0.39, 0.29) is 22.1 Å². The Labute approximate surface area is 179 Å². The first kappa shape index (κ1) is 20.6. The van der Waals surface area contributed by atoms with E-state index in [1.54, 1.807) is 13.0 Å². The lowest BCUT2D eigenvalue weighted by molar-refractivity contribution is -0.124. The molecule has 11 heteroatoms. The van der Waals surface area contributed by atoms with E-state index in [0.717, 1.165) is 12.1 Å². The van der Waals surface area contributed by atoms with Gasteiger partial charge in [0.25, 0.3) is 5.91 Å². The lowest BCUT2D eigenvalue weighted by atomic mass is 10.1. The fraction of sp³-hybridized carbons (Fsp3) is 0.100. The van der Waals surface area contributed by atoms with Crippen molar-refractivity contribution in [3.05, 3.63) is 70.6 Å². The molecule has 1 unspecified atom stereocenters. The average molecular weight is 445 g/mol. The highest BCUT2D eigenvalue weighted by atomic mass is 35.5. The van der Waals surface area contributed by atoms with Gasteiger partial charge in [0, 0.05) is 11.8 Å². The number of aryl methyl sites for hydroxylation is 1. The molecular formula is C20H15ClF2N6O2. The molecule has 0 aliphatic heterocycles. The van der Waals surface area contributed by atoms with Crippen LogP contribution in [0.4, 0.5) is 20.3 Å². The maximum Gasteiger partial charge on any atom is 0.257 e. The molecule has 0 saturated heterocycles. The number of fused-ring (bicyclic) bond motifs is 1. The number of carbonyl (C=O) groups is 1. The Kier molecular flexibility index (Phi) is 5.25. The number of benzene rings is 2. The van der Waals surface area contributed by atoms with Crippen LogP contribution >= 0.6 is 11.6 Å². The fourth-order valence-electron chi connectivity index (χ4n) is 3.14. The van der Waals surface area contributed by atoms with Crippen LogP contribution in [0, 0.1) is 18.6 Å². The Morgan fingerprint density at radius 3 is 2.58 bits per heavy atom. The molecule has 2 aromatic carbocycles. The number of nitrogens with zero attached hydrogens (tertiary/aromatic N) is 4. The number of hydrogen-bond acceptors (Lipinski definition) is 6. The number of aliphatic hydroxyl groups excluding tert-OH is 1. The highest BCUT2D eigenvalue weighted by molar-refractivity contribution is 6.32. The van der Waals surface area contributed by atoms with Gasteiger partial charge in [-0.25, -0.2) is 23.4 Å². The topological polar surface area (TPSA) is 119 Å². The van der Waals surface area contributed by atoms with Gasteiger partial charge in [-0.15, -0.1) is 0 Å². The zero-order chi connectivity index (χ0) is 22.3. The van der Waals surface area contributed by atoms with Gasteiger partial charge in [0.15, 0.2) is 11.9 Å². The normalized spacial score (nSPS) is 12.2. The smallest absolute Gasteiger partial charge is 0.257 e. The molecule has 0 aliphatic carbocycles. The minimum Gasteiger partial charge on any atom is -0.382 e. The molecule has 8 nitrogen and oxygen atoms in total. The Morgan fingerprint density at radius 1 is 1.19 bits per heavy atom. The van der Waals surface area contributed by atoms with Crippen LogP contribution in [0.2, 0.25) is 5.02 Å². The van der Waals surface area contributed by atoms with Crippen LogP contribution in [-0.4, -0.2) is 30.8 Å². The number of nitrogens with two attached hydrogens (primary N) is 1. The van der Waals surface area contributed by atoms with Crippen molar-refractivity contribution in [2.24, 2.45) is 0 Å². The predicted octanol–water partition coefficient (Wildman–Crippen LogP) is 3.31. The molecule has 0 fully saturated rings. The zero-order valence-electron chi connectivity index (χ0n) is 16.0. The Balaban J connectivity index is 1.62. The van der Waals surface area contributed by atoms with Crippen molar-refractivity contribution in [3.8, 4) is 5.69 Å². The van der Waals surface area contributed by atoms with Gasteiger partial charge in [0.2, 0.25) is 0 Å². The number of anilines is 2. The molecular weight excluding hydrogens is 430 g/mol. The number of halogens is 3. The number of hydrogen-bond donors (Lipinski definition) is 3. The van der Waals surface area contributed by atoms with Crippen molar-refractivity contribution in [2.45, 2.75) is 13.0 Å². The van der Waals surface area contributed by atoms with Gasteiger partial charge in [-0.2, -0.15) is 5.10 Å².